The van der Waals surface area contributed by atoms with E-state index >= 15 is 0 Å². The van der Waals surface area contributed by atoms with Crippen LogP contribution < -0.4 is 20.9 Å². The number of rotatable bonds is 12. The molecule has 0 atom stereocenters. The van der Waals surface area contributed by atoms with Crippen LogP contribution in [0.25, 0.3) is 17.2 Å². The molecule has 4 aromatic rings. The Hall–Kier alpha value is -5.36. The van der Waals surface area contributed by atoms with E-state index in [1.807, 2.05) is 18.2 Å². The molecule has 0 amide bonds. The van der Waals surface area contributed by atoms with Crippen molar-refractivity contribution in [3.05, 3.63) is 120 Å². The number of nitrogen functional groups attached to an aromatic ring is 2. The molecule has 0 heterocycles. The summed E-state index contributed by atoms with van der Waals surface area (Å²) < 4.78 is 45.3. The van der Waals surface area contributed by atoms with Crippen molar-refractivity contribution in [3.63, 3.8) is 0 Å². The molecule has 4 aromatic carbocycles. The van der Waals surface area contributed by atoms with Gasteiger partial charge >= 0.3 is 12.1 Å². The van der Waals surface area contributed by atoms with Crippen LogP contribution >= 0.6 is 0 Å². The number of nitrogens with two attached hydrogens (primary N) is 2. The summed E-state index contributed by atoms with van der Waals surface area (Å²) in [6.45, 7) is 4.36. The molecule has 1 radical (unpaired) electrons. The Labute approximate surface area is 248 Å². The fourth-order valence-electron chi connectivity index (χ4n) is 4.17. The molecule has 0 fully saturated rings. The van der Waals surface area contributed by atoms with Gasteiger partial charge < -0.3 is 25.7 Å². The van der Waals surface area contributed by atoms with E-state index in [4.69, 9.17) is 30.9 Å². The summed E-state index contributed by atoms with van der Waals surface area (Å²) in [4.78, 5) is 12.4. The topological polar surface area (TPSA) is 121 Å². The predicted octanol–water partition coefficient (Wildman–Crippen LogP) is 7.27. The molecule has 0 aliphatic carbocycles. The number of nitriles is 1. The number of unbranched alkanes of at least 4 members (excludes halogenated alkanes) is 1. The SMILES string of the molecule is [CH2]c1cc(N)ccc1-c1ccc(N)cc1COC(=O)/C=C/c1ccc(C(F)(F)Oc2ccc(OCCCC#N)cc2)cc1. The maximum absolute atomic E-state index is 14.8. The maximum Gasteiger partial charge on any atom is 0.426 e. The summed E-state index contributed by atoms with van der Waals surface area (Å²) in [5.41, 5.74) is 16.1. The minimum Gasteiger partial charge on any atom is -0.494 e. The van der Waals surface area contributed by atoms with Gasteiger partial charge in [-0.05, 0) is 108 Å². The van der Waals surface area contributed by atoms with E-state index in [0.717, 1.165) is 16.7 Å². The van der Waals surface area contributed by atoms with E-state index in [-0.39, 0.29) is 17.9 Å². The number of benzene rings is 4. The lowest BCUT2D eigenvalue weighted by Gasteiger charge is -2.18. The average Bonchev–Trinajstić information content (AvgIpc) is 2.98. The average molecular weight is 583 g/mol. The normalized spacial score (nSPS) is 11.2. The van der Waals surface area contributed by atoms with Gasteiger partial charge in [0.15, 0.2) is 0 Å². The summed E-state index contributed by atoms with van der Waals surface area (Å²) in [7, 11) is 0. The van der Waals surface area contributed by atoms with Crippen LogP contribution in [0, 0.1) is 18.3 Å². The standard InChI is InChI=1S/C34H30F2N3O4/c1-23-20-27(38)9-15-31(23)32-16-10-28(39)21-25(32)22-42-33(40)17-6-24-4-7-26(8-5-24)34(35,36)43-30-13-11-29(12-14-30)41-19-3-2-18-37/h4-17,20-21H,1-3,19,22,38-39H2/b17-6+. The Bertz CT molecular complexity index is 1630. The van der Waals surface area contributed by atoms with Gasteiger partial charge in [-0.1, -0.05) is 24.3 Å². The highest BCUT2D eigenvalue weighted by Gasteiger charge is 2.34. The Kier molecular flexibility index (Phi) is 9.97. The molecule has 0 saturated carbocycles. The van der Waals surface area contributed by atoms with Crippen molar-refractivity contribution >= 4 is 23.4 Å². The van der Waals surface area contributed by atoms with Crippen molar-refractivity contribution in [1.29, 1.82) is 5.26 Å². The molecule has 7 nitrogen and oxygen atoms in total. The second kappa shape index (κ2) is 14.0. The Morgan fingerprint density at radius 2 is 1.56 bits per heavy atom. The van der Waals surface area contributed by atoms with E-state index < -0.39 is 12.1 Å². The van der Waals surface area contributed by atoms with Crippen molar-refractivity contribution in [2.75, 3.05) is 18.1 Å². The molecule has 4 rings (SSSR count). The molecule has 0 aromatic heterocycles. The summed E-state index contributed by atoms with van der Waals surface area (Å²) in [5.74, 6) is -0.159. The highest BCUT2D eigenvalue weighted by molar-refractivity contribution is 5.87. The van der Waals surface area contributed by atoms with Crippen LogP contribution in [0.5, 0.6) is 11.5 Å². The second-order valence-corrected chi connectivity index (χ2v) is 9.60. The minimum atomic E-state index is -3.59. The van der Waals surface area contributed by atoms with Crippen LogP contribution in [0.3, 0.4) is 0 Å². The summed E-state index contributed by atoms with van der Waals surface area (Å²) >= 11 is 0. The van der Waals surface area contributed by atoms with Gasteiger partial charge in [-0.3, -0.25) is 0 Å². The van der Waals surface area contributed by atoms with Gasteiger partial charge in [-0.15, -0.1) is 0 Å². The fraction of sp³-hybridized carbons (Fsp3) is 0.147. The van der Waals surface area contributed by atoms with E-state index in [1.165, 1.54) is 60.7 Å². The van der Waals surface area contributed by atoms with E-state index in [2.05, 4.69) is 6.92 Å². The zero-order valence-electron chi connectivity index (χ0n) is 23.3. The molecule has 0 saturated heterocycles. The molecule has 0 aliphatic heterocycles. The number of carbonyl (C=O) groups is 1. The number of carbonyl (C=O) groups excluding carboxylic acids is 1. The van der Waals surface area contributed by atoms with Crippen LogP contribution in [0.15, 0.2) is 91.0 Å². The molecule has 4 N–H and O–H groups in total. The smallest absolute Gasteiger partial charge is 0.426 e. The lowest BCUT2D eigenvalue weighted by molar-refractivity contribution is -0.185. The minimum absolute atomic E-state index is 0.0350. The first-order chi connectivity index (χ1) is 20.6. The van der Waals surface area contributed by atoms with Crippen molar-refractivity contribution in [3.8, 4) is 28.7 Å². The molecule has 0 bridgehead atoms. The number of ether oxygens (including phenoxy) is 3. The van der Waals surface area contributed by atoms with Gasteiger partial charge in [0.1, 0.15) is 18.1 Å². The van der Waals surface area contributed by atoms with Crippen molar-refractivity contribution in [2.45, 2.75) is 25.6 Å². The number of hydrogen-bond acceptors (Lipinski definition) is 7. The highest BCUT2D eigenvalue weighted by atomic mass is 19.3. The van der Waals surface area contributed by atoms with Crippen molar-refractivity contribution in [1.82, 2.24) is 0 Å². The van der Waals surface area contributed by atoms with Gasteiger partial charge in [0.25, 0.3) is 0 Å². The summed E-state index contributed by atoms with van der Waals surface area (Å²) in [6.07, 6.45) is 0.0434. The van der Waals surface area contributed by atoms with Crippen LogP contribution in [0.1, 0.15) is 35.1 Å². The third-order valence-electron chi connectivity index (χ3n) is 6.35. The van der Waals surface area contributed by atoms with Crippen LogP contribution in [0.4, 0.5) is 20.2 Å². The molecule has 0 aliphatic rings. The van der Waals surface area contributed by atoms with Crippen LogP contribution in [-0.2, 0) is 22.2 Å². The van der Waals surface area contributed by atoms with Crippen molar-refractivity contribution in [2.24, 2.45) is 0 Å². The molecule has 43 heavy (non-hydrogen) atoms. The molecule has 9 heteroatoms. The van der Waals surface area contributed by atoms with Gasteiger partial charge in [-0.25, -0.2) is 4.79 Å². The zero-order chi connectivity index (χ0) is 30.8. The quantitative estimate of drug-likeness (QED) is 0.0780. The fourth-order valence-corrected chi connectivity index (χ4v) is 4.17. The van der Waals surface area contributed by atoms with E-state index in [1.54, 1.807) is 24.3 Å². The Morgan fingerprint density at radius 3 is 2.23 bits per heavy atom. The van der Waals surface area contributed by atoms with E-state index in [0.29, 0.717) is 47.7 Å². The van der Waals surface area contributed by atoms with Gasteiger partial charge in [0, 0.05) is 23.9 Å². The zero-order valence-corrected chi connectivity index (χ0v) is 23.3. The first kappa shape index (κ1) is 30.6. The number of halogens is 2. The highest BCUT2D eigenvalue weighted by Crippen LogP contribution is 2.33. The molecular formula is C34H30F2N3O4. The van der Waals surface area contributed by atoms with Gasteiger partial charge in [-0.2, -0.15) is 14.0 Å². The third kappa shape index (κ3) is 8.57. The number of anilines is 2. The summed E-state index contributed by atoms with van der Waals surface area (Å²) in [6, 6.07) is 23.9. The Morgan fingerprint density at radius 1 is 0.907 bits per heavy atom. The van der Waals surface area contributed by atoms with Crippen LogP contribution in [0.2, 0.25) is 0 Å². The van der Waals surface area contributed by atoms with Gasteiger partial charge in [0.05, 0.1) is 18.2 Å². The van der Waals surface area contributed by atoms with Crippen molar-refractivity contribution < 1.29 is 27.8 Å². The molecule has 0 spiro atoms. The largest absolute Gasteiger partial charge is 0.494 e. The van der Waals surface area contributed by atoms with Gasteiger partial charge in [0.2, 0.25) is 0 Å². The molecular weight excluding hydrogens is 552 g/mol. The number of esters is 1. The second-order valence-electron chi connectivity index (χ2n) is 9.60. The number of nitrogens with zero attached hydrogens (tertiary/aromatic N) is 1. The molecule has 0 unspecified atom stereocenters. The lowest BCUT2D eigenvalue weighted by atomic mass is 9.95. The maximum atomic E-state index is 14.8. The monoisotopic (exact) mass is 582 g/mol. The number of alkyl halides is 2. The lowest BCUT2D eigenvalue weighted by Crippen LogP contribution is -2.21. The predicted molar refractivity (Wildman–Crippen MR) is 162 cm³/mol. The number of hydrogen-bond donors (Lipinski definition) is 2. The first-order valence-corrected chi connectivity index (χ1v) is 13.4. The first-order valence-electron chi connectivity index (χ1n) is 13.4. The summed E-state index contributed by atoms with van der Waals surface area (Å²) in [5, 5.41) is 8.56. The van der Waals surface area contributed by atoms with Crippen LogP contribution in [-0.4, -0.2) is 12.6 Å². The third-order valence-corrected chi connectivity index (χ3v) is 6.35. The Balaban J connectivity index is 1.34. The molecule has 219 valence electrons. The van der Waals surface area contributed by atoms with E-state index in [9.17, 15) is 13.6 Å².